The number of nitrogens with zero attached hydrogens (tertiary/aromatic N) is 2. The molecule has 0 aliphatic heterocycles. The number of aromatic nitrogens is 2. The van der Waals surface area contributed by atoms with E-state index in [-0.39, 0.29) is 24.2 Å². The van der Waals surface area contributed by atoms with Crippen LogP contribution in [0.1, 0.15) is 134 Å². The van der Waals surface area contributed by atoms with Crippen LogP contribution >= 0.6 is 45.3 Å². The maximum Gasteiger partial charge on any atom is 0.359 e. The monoisotopic (exact) mass is 1300 g/mol. The van der Waals surface area contributed by atoms with E-state index in [1.54, 1.807) is 29.0 Å². The first-order chi connectivity index (χ1) is 44.4. The van der Waals surface area contributed by atoms with Crippen molar-refractivity contribution in [2.45, 2.75) is 99.7 Å². The van der Waals surface area contributed by atoms with E-state index in [0.29, 0.717) is 56.5 Å². The lowest BCUT2D eigenvalue weighted by molar-refractivity contribution is 0.0429. The van der Waals surface area contributed by atoms with E-state index in [4.69, 9.17) is 44.3 Å². The lowest BCUT2D eigenvalue weighted by Gasteiger charge is -2.04. The highest BCUT2D eigenvalue weighted by molar-refractivity contribution is 7.14. The Morgan fingerprint density at radius 1 is 0.484 bits per heavy atom. The summed E-state index contributed by atoms with van der Waals surface area (Å²) >= 11 is 5.89. The number of terminal acetylenes is 1. The summed E-state index contributed by atoms with van der Waals surface area (Å²) in [6.45, 7) is 17.4. The van der Waals surface area contributed by atoms with E-state index < -0.39 is 18.0 Å². The number of carbonyl (C=O) groups excluding carboxylic acids is 4. The Hall–Kier alpha value is -8.86. The fourth-order valence-corrected chi connectivity index (χ4v) is 11.4. The number of hydrogen-bond acceptors (Lipinski definition) is 18. The van der Waals surface area contributed by atoms with Crippen molar-refractivity contribution in [2.75, 3.05) is 39.6 Å². The maximum atomic E-state index is 12.1. The molecular formula is C73H78N2O12S4. The molecule has 0 bridgehead atoms. The molecule has 0 aliphatic carbocycles. The number of thiazole rings is 2. The first kappa shape index (κ1) is 71.2. The maximum absolute atomic E-state index is 12.1. The number of ether oxygens (including phenoxy) is 8. The van der Waals surface area contributed by atoms with Crippen LogP contribution in [0.25, 0.3) is 42.0 Å². The minimum Gasteiger partial charge on any atom is -0.494 e. The van der Waals surface area contributed by atoms with Gasteiger partial charge in [-0.1, -0.05) is 87.9 Å². The van der Waals surface area contributed by atoms with Gasteiger partial charge in [0.2, 0.25) is 0 Å². The van der Waals surface area contributed by atoms with Crippen molar-refractivity contribution in [3.8, 4) is 77.4 Å². The number of unbranched alkanes of at least 4 members (excludes halogenated alkanes) is 4. The van der Waals surface area contributed by atoms with Gasteiger partial charge >= 0.3 is 23.9 Å². The number of hydrogen-bond donors (Lipinski definition) is 0. The van der Waals surface area contributed by atoms with Gasteiger partial charge in [-0.3, -0.25) is 0 Å². The highest BCUT2D eigenvalue weighted by Crippen LogP contribution is 2.32. The molecule has 9 aromatic rings. The molecule has 5 aromatic carbocycles. The number of esters is 4. The average molecular weight is 1300 g/mol. The smallest absolute Gasteiger partial charge is 0.359 e. The number of rotatable bonds is 28. The molecule has 0 saturated carbocycles. The second-order valence-electron chi connectivity index (χ2n) is 19.6. The van der Waals surface area contributed by atoms with Crippen molar-refractivity contribution in [1.29, 1.82) is 0 Å². The van der Waals surface area contributed by atoms with Crippen LogP contribution in [-0.4, -0.2) is 79.6 Å². The molecule has 0 amide bonds. The largest absolute Gasteiger partial charge is 0.494 e. The normalized spacial score (nSPS) is 10.8. The number of thiophene rings is 2. The van der Waals surface area contributed by atoms with Crippen molar-refractivity contribution in [1.82, 2.24) is 9.97 Å². The summed E-state index contributed by atoms with van der Waals surface area (Å²) in [6.07, 6.45) is 15.1. The predicted molar refractivity (Wildman–Crippen MR) is 367 cm³/mol. The zero-order valence-electron chi connectivity index (χ0n) is 52.5. The van der Waals surface area contributed by atoms with Crippen LogP contribution in [0.5, 0.6) is 23.0 Å². The van der Waals surface area contributed by atoms with Crippen LogP contribution in [0.4, 0.5) is 0 Å². The number of carbonyl (C=O) groups is 4. The van der Waals surface area contributed by atoms with Gasteiger partial charge in [0.05, 0.1) is 44.2 Å². The van der Waals surface area contributed by atoms with Crippen LogP contribution in [0.3, 0.4) is 0 Å². The Morgan fingerprint density at radius 3 is 1.37 bits per heavy atom. The van der Waals surface area contributed by atoms with Crippen molar-refractivity contribution in [3.63, 3.8) is 0 Å². The molecule has 9 rings (SSSR count). The Kier molecular flexibility index (Phi) is 31.3. The molecule has 4 heterocycles. The number of allylic oxidation sites excluding steroid dienone is 1. The van der Waals surface area contributed by atoms with Crippen LogP contribution < -0.4 is 18.9 Å². The molecule has 0 fully saturated rings. The minimum atomic E-state index is -0.562. The zero-order chi connectivity index (χ0) is 65.0. The van der Waals surface area contributed by atoms with Gasteiger partial charge in [0.25, 0.3) is 0 Å². The predicted octanol–water partition coefficient (Wildman–Crippen LogP) is 18.8. The SMILES string of the molecule is C#CC(C)OC(=O)c1csc(-c2ccc(OCC)cc2)n1.CCC/C=C/COC(=O)c1csc(-c2ccc(OCC)cc2)c1.CCCCCCOC(=O)c1csc(-c2ccc(OCC)cc2)c1.CCOc1ccc(-c2nc(C(=O)OCc3ccccc3)cs2)cc1. The summed E-state index contributed by atoms with van der Waals surface area (Å²) < 4.78 is 42.6. The van der Waals surface area contributed by atoms with Crippen molar-refractivity contribution in [2.24, 2.45) is 0 Å². The van der Waals surface area contributed by atoms with Gasteiger partial charge in [0.1, 0.15) is 46.2 Å². The Morgan fingerprint density at radius 2 is 0.934 bits per heavy atom. The van der Waals surface area contributed by atoms with E-state index >= 15 is 0 Å². The fraction of sp³-hybridized carbons (Fsp3) is 0.288. The highest BCUT2D eigenvalue weighted by atomic mass is 32.1. The van der Waals surface area contributed by atoms with Gasteiger partial charge in [-0.05, 0) is 173 Å². The van der Waals surface area contributed by atoms with Crippen molar-refractivity contribution in [3.05, 3.63) is 201 Å². The standard InChI is InChI=1S/C19H17NO3S.C19H24O3S.C19H22O3S.C16H15NO3S/c1-2-22-16-10-8-15(9-11-16)18-20-17(13-24-18)19(21)23-12-14-6-4-3-5-7-14;2*1-3-5-6-7-12-22-19(20)16-13-18(23-14-16)15-8-10-17(11-9-15)21-4-2;1-4-11(3)20-16(18)14-10-21-15(17-14)12-6-8-13(9-7-12)19-5-2/h3-11,13H,2,12H2,1H3;8-11,13-14H,3-7,12H2,1-2H3;6-11,13-14H,3-5,12H2,1-2H3;1,6-11H,5H2,2-3H3/b;;7-6+;. The molecule has 14 nitrogen and oxygen atoms in total. The first-order valence-electron chi connectivity index (χ1n) is 30.3. The van der Waals surface area contributed by atoms with E-state index in [9.17, 15) is 19.2 Å². The van der Waals surface area contributed by atoms with Crippen LogP contribution in [0, 0.1) is 12.3 Å². The molecule has 91 heavy (non-hydrogen) atoms. The molecule has 1 unspecified atom stereocenters. The third-order valence-corrected chi connectivity index (χ3v) is 16.5. The molecule has 0 spiro atoms. The van der Waals surface area contributed by atoms with Gasteiger partial charge < -0.3 is 37.9 Å². The molecule has 0 aliphatic rings. The minimum absolute atomic E-state index is 0.227. The Labute approximate surface area is 550 Å². The molecule has 4 aromatic heterocycles. The number of benzene rings is 5. The highest BCUT2D eigenvalue weighted by Gasteiger charge is 2.17. The molecule has 18 heteroatoms. The summed E-state index contributed by atoms with van der Waals surface area (Å²) in [5.41, 5.74) is 6.81. The molecule has 476 valence electrons. The lowest BCUT2D eigenvalue weighted by atomic mass is 10.1. The summed E-state index contributed by atoms with van der Waals surface area (Å²) in [5.74, 6) is 4.26. The van der Waals surface area contributed by atoms with Gasteiger partial charge in [-0.15, -0.1) is 51.8 Å². The fourth-order valence-electron chi connectivity index (χ4n) is 8.06. The first-order valence-corrected chi connectivity index (χ1v) is 33.8. The quantitative estimate of drug-likeness (QED) is 0.0149. The second-order valence-corrected chi connectivity index (χ2v) is 23.2. The van der Waals surface area contributed by atoms with Crippen molar-refractivity contribution < 1.29 is 57.1 Å². The summed E-state index contributed by atoms with van der Waals surface area (Å²) in [6, 6.07) is 44.4. The summed E-state index contributed by atoms with van der Waals surface area (Å²) in [7, 11) is 0. The van der Waals surface area contributed by atoms with E-state index in [2.05, 4.69) is 29.7 Å². The van der Waals surface area contributed by atoms with E-state index in [1.165, 1.54) is 46.9 Å². The topological polar surface area (TPSA) is 168 Å². The average Bonchev–Trinajstić information content (AvgIpc) is 2.27. The van der Waals surface area contributed by atoms with Crippen molar-refractivity contribution >= 4 is 69.2 Å². The molecule has 0 saturated heterocycles. The molecule has 0 N–H and O–H groups in total. The summed E-state index contributed by atoms with van der Waals surface area (Å²) in [4.78, 5) is 58.7. The molecular weight excluding hydrogens is 1230 g/mol. The third kappa shape index (κ3) is 24.5. The van der Waals surface area contributed by atoms with Crippen LogP contribution in [0.2, 0.25) is 0 Å². The summed E-state index contributed by atoms with van der Waals surface area (Å²) in [5, 5.41) is 8.61. The Bertz CT molecular complexity index is 3660. The van der Waals surface area contributed by atoms with E-state index in [0.717, 1.165) is 96.3 Å². The van der Waals surface area contributed by atoms with Gasteiger partial charge in [0, 0.05) is 42.4 Å². The molecule has 1 atom stereocenters. The molecule has 0 radical (unpaired) electrons. The lowest BCUT2D eigenvalue weighted by Crippen LogP contribution is -2.13. The van der Waals surface area contributed by atoms with Gasteiger partial charge in [0.15, 0.2) is 17.5 Å². The van der Waals surface area contributed by atoms with E-state index in [1.807, 2.05) is 190 Å². The van der Waals surface area contributed by atoms with Gasteiger partial charge in [-0.25, -0.2) is 29.1 Å². The van der Waals surface area contributed by atoms with Crippen LogP contribution in [0.15, 0.2) is 173 Å². The third-order valence-electron chi connectivity index (χ3n) is 12.7. The van der Waals surface area contributed by atoms with Gasteiger partial charge in [-0.2, -0.15) is 0 Å². The second kappa shape index (κ2) is 40.0. The Balaban J connectivity index is 0.000000193. The zero-order valence-corrected chi connectivity index (χ0v) is 55.8. The van der Waals surface area contributed by atoms with Crippen LogP contribution in [-0.2, 0) is 25.6 Å².